The molecule has 0 radical (unpaired) electrons. The van der Waals surface area contributed by atoms with E-state index < -0.39 is 26.6 Å². The minimum absolute atomic E-state index is 0.0104. The second-order valence-electron chi connectivity index (χ2n) is 8.68. The Hall–Kier alpha value is -2.31. The van der Waals surface area contributed by atoms with E-state index in [2.05, 4.69) is 32.8 Å². The average molecular weight is 590 g/mol. The fourth-order valence-corrected chi connectivity index (χ4v) is 4.72. The molecule has 0 spiro atoms. The minimum Gasteiger partial charge on any atom is -0.367 e. The molecule has 1 heterocycles. The zero-order valence-electron chi connectivity index (χ0n) is 20.9. The third-order valence-corrected chi connectivity index (χ3v) is 6.88. The van der Waals surface area contributed by atoms with Crippen LogP contribution in [-0.4, -0.2) is 119 Å². The molecule has 1 aromatic rings. The summed E-state index contributed by atoms with van der Waals surface area (Å²) in [6, 6.07) is 4.39. The number of halogens is 1. The Morgan fingerprint density at radius 3 is 2.47 bits per heavy atom. The zero-order chi connectivity index (χ0) is 26.9. The Morgan fingerprint density at radius 2 is 1.92 bits per heavy atom. The molecule has 1 aliphatic rings. The summed E-state index contributed by atoms with van der Waals surface area (Å²) in [4.78, 5) is 32.1. The number of carbonyl (C=O) groups is 1. The highest BCUT2D eigenvalue weighted by atomic mass is 79.9. The molecule has 14 heteroatoms. The molecule has 1 saturated heterocycles. The fourth-order valence-electron chi connectivity index (χ4n) is 3.91. The van der Waals surface area contributed by atoms with E-state index in [9.17, 15) is 28.6 Å². The van der Waals surface area contributed by atoms with Gasteiger partial charge < -0.3 is 19.6 Å². The van der Waals surface area contributed by atoms with E-state index in [-0.39, 0.29) is 24.3 Å². The smallest absolute Gasteiger partial charge is 0.283 e. The predicted octanol–water partition coefficient (Wildman–Crippen LogP) is 1.35. The fraction of sp³-hybridized carbons (Fsp3) is 0.636. The largest absolute Gasteiger partial charge is 0.367 e. The third-order valence-electron chi connectivity index (χ3n) is 5.93. The summed E-state index contributed by atoms with van der Waals surface area (Å²) in [6.07, 6.45) is 1.66. The average Bonchev–Trinajstić information content (AvgIpc) is 2.82. The van der Waals surface area contributed by atoms with Crippen molar-refractivity contribution in [2.45, 2.75) is 6.42 Å². The first-order chi connectivity index (χ1) is 17.0. The summed E-state index contributed by atoms with van der Waals surface area (Å²) in [6.45, 7) is 5.44. The number of nitriles is 1. The van der Waals surface area contributed by atoms with Crippen molar-refractivity contribution < 1.29 is 22.3 Å². The van der Waals surface area contributed by atoms with Crippen molar-refractivity contribution in [3.05, 3.63) is 33.4 Å². The van der Waals surface area contributed by atoms with Crippen molar-refractivity contribution in [3.63, 3.8) is 0 Å². The van der Waals surface area contributed by atoms with Crippen LogP contribution in [0.4, 0.5) is 11.4 Å². The molecule has 0 bridgehead atoms. The van der Waals surface area contributed by atoms with Crippen LogP contribution in [0.5, 0.6) is 0 Å². The van der Waals surface area contributed by atoms with Crippen LogP contribution in [0, 0.1) is 21.4 Å². The SMILES string of the molecule is CN1CCN(CCCN(C)C(=O)c2cc(N(CCBr)CCOS(C)(=O)=O)c(C#N)cc2[N+](=O)[O-])CC1. The molecule has 200 valence electrons. The van der Waals surface area contributed by atoms with Gasteiger partial charge in [-0.15, -0.1) is 0 Å². The maximum absolute atomic E-state index is 13.3. The lowest BCUT2D eigenvalue weighted by atomic mass is 10.0. The van der Waals surface area contributed by atoms with E-state index in [1.807, 2.05) is 6.07 Å². The first kappa shape index (κ1) is 29.9. The Kier molecular flexibility index (Phi) is 11.5. The van der Waals surface area contributed by atoms with E-state index in [0.717, 1.165) is 51.5 Å². The standard InChI is InChI=1S/C22H33BrN6O6S/c1-25-9-11-27(12-10-25)7-4-6-26(2)22(30)19-16-20(18(17-24)15-21(19)29(31)32)28(8-5-23)13-14-35-36(3,33)34/h15-16H,4-14H2,1-3H3. The molecule has 0 N–H and O–H groups in total. The monoisotopic (exact) mass is 588 g/mol. The molecule has 0 atom stereocenters. The first-order valence-corrected chi connectivity index (χ1v) is 14.4. The first-order valence-electron chi connectivity index (χ1n) is 11.5. The van der Waals surface area contributed by atoms with E-state index in [1.165, 1.54) is 11.0 Å². The summed E-state index contributed by atoms with van der Waals surface area (Å²) in [7, 11) is 0.0223. The lowest BCUT2D eigenvalue weighted by Crippen LogP contribution is -2.45. The van der Waals surface area contributed by atoms with E-state index >= 15 is 0 Å². The Balaban J connectivity index is 2.24. The van der Waals surface area contributed by atoms with Gasteiger partial charge in [0.05, 0.1) is 29.0 Å². The highest BCUT2D eigenvalue weighted by Gasteiger charge is 2.27. The normalized spacial score (nSPS) is 14.9. The van der Waals surface area contributed by atoms with Gasteiger partial charge in [0, 0.05) is 64.3 Å². The quantitative estimate of drug-likeness (QED) is 0.143. The lowest BCUT2D eigenvalue weighted by Gasteiger charge is -2.32. The topological polar surface area (TPSA) is 140 Å². The van der Waals surface area contributed by atoms with Crippen LogP contribution in [0.15, 0.2) is 12.1 Å². The maximum atomic E-state index is 13.3. The highest BCUT2D eigenvalue weighted by Crippen LogP contribution is 2.30. The molecule has 1 aromatic carbocycles. The number of hydrogen-bond donors (Lipinski definition) is 0. The number of amides is 1. The van der Waals surface area contributed by atoms with E-state index in [4.69, 9.17) is 4.18 Å². The summed E-state index contributed by atoms with van der Waals surface area (Å²) < 4.78 is 27.5. The van der Waals surface area contributed by atoms with Gasteiger partial charge >= 0.3 is 0 Å². The number of alkyl halides is 1. The molecule has 36 heavy (non-hydrogen) atoms. The lowest BCUT2D eigenvalue weighted by molar-refractivity contribution is -0.385. The minimum atomic E-state index is -3.66. The van der Waals surface area contributed by atoms with Gasteiger partial charge in [0.1, 0.15) is 11.6 Å². The molecular formula is C22H33BrN6O6S. The number of rotatable bonds is 13. The van der Waals surface area contributed by atoms with Gasteiger partial charge in [-0.25, -0.2) is 0 Å². The van der Waals surface area contributed by atoms with Crippen LogP contribution in [0.1, 0.15) is 22.3 Å². The van der Waals surface area contributed by atoms with Gasteiger partial charge in [-0.05, 0) is 26.1 Å². The van der Waals surface area contributed by atoms with Crippen LogP contribution in [0.2, 0.25) is 0 Å². The van der Waals surface area contributed by atoms with Crippen LogP contribution in [0.3, 0.4) is 0 Å². The highest BCUT2D eigenvalue weighted by molar-refractivity contribution is 9.09. The molecule has 1 amide bonds. The van der Waals surface area contributed by atoms with Crippen LogP contribution in [0.25, 0.3) is 0 Å². The molecule has 2 rings (SSSR count). The maximum Gasteiger partial charge on any atom is 0.283 e. The van der Waals surface area contributed by atoms with Crippen LogP contribution < -0.4 is 4.90 Å². The van der Waals surface area contributed by atoms with Crippen molar-refractivity contribution in [2.24, 2.45) is 0 Å². The van der Waals surface area contributed by atoms with Gasteiger partial charge in [-0.2, -0.15) is 13.7 Å². The van der Waals surface area contributed by atoms with E-state index in [1.54, 1.807) is 11.9 Å². The van der Waals surface area contributed by atoms with Crippen molar-refractivity contribution in [1.29, 1.82) is 5.26 Å². The number of nitrogens with zero attached hydrogens (tertiary/aromatic N) is 6. The van der Waals surface area contributed by atoms with Gasteiger partial charge in [0.2, 0.25) is 0 Å². The number of likely N-dealkylation sites (N-methyl/N-ethyl adjacent to an activating group) is 1. The number of anilines is 1. The second kappa shape index (κ2) is 13.8. The summed E-state index contributed by atoms with van der Waals surface area (Å²) in [5, 5.41) is 21.9. The number of hydrogen-bond acceptors (Lipinski definition) is 10. The molecule has 0 aromatic heterocycles. The summed E-state index contributed by atoms with van der Waals surface area (Å²) in [5.74, 6) is -0.517. The molecule has 1 aliphatic heterocycles. The predicted molar refractivity (Wildman–Crippen MR) is 140 cm³/mol. The number of nitro groups is 1. The molecule has 1 fully saturated rings. The summed E-state index contributed by atoms with van der Waals surface area (Å²) >= 11 is 3.32. The van der Waals surface area contributed by atoms with Crippen molar-refractivity contribution >= 4 is 43.3 Å². The van der Waals surface area contributed by atoms with E-state index in [0.29, 0.717) is 24.1 Å². The van der Waals surface area contributed by atoms with Crippen molar-refractivity contribution in [1.82, 2.24) is 14.7 Å². The van der Waals surface area contributed by atoms with Crippen molar-refractivity contribution in [3.8, 4) is 6.07 Å². The number of piperazine rings is 1. The third kappa shape index (κ3) is 8.97. The molecule has 0 aliphatic carbocycles. The van der Waals surface area contributed by atoms with Gasteiger partial charge in [-0.3, -0.25) is 19.1 Å². The number of carbonyl (C=O) groups excluding carboxylic acids is 1. The Bertz CT molecular complexity index is 1070. The van der Waals surface area contributed by atoms with Gasteiger partial charge in [0.15, 0.2) is 0 Å². The Morgan fingerprint density at radius 1 is 1.25 bits per heavy atom. The van der Waals surface area contributed by atoms with Gasteiger partial charge in [0.25, 0.3) is 21.7 Å². The Labute approximate surface area is 220 Å². The van der Waals surface area contributed by atoms with Crippen LogP contribution in [-0.2, 0) is 14.3 Å². The number of nitro benzene ring substituents is 1. The number of benzene rings is 1. The molecular weight excluding hydrogens is 556 g/mol. The zero-order valence-corrected chi connectivity index (χ0v) is 23.3. The molecule has 0 saturated carbocycles. The van der Waals surface area contributed by atoms with Crippen LogP contribution >= 0.6 is 15.9 Å². The molecule has 0 unspecified atom stereocenters. The van der Waals surface area contributed by atoms with Gasteiger partial charge in [-0.1, -0.05) is 15.9 Å². The van der Waals surface area contributed by atoms with Crippen molar-refractivity contribution in [2.75, 3.05) is 89.5 Å². The second-order valence-corrected chi connectivity index (χ2v) is 11.1. The molecule has 12 nitrogen and oxygen atoms in total. The summed E-state index contributed by atoms with van der Waals surface area (Å²) in [5.41, 5.74) is -0.262.